The van der Waals surface area contributed by atoms with Crippen LogP contribution in [0.2, 0.25) is 0 Å². The fraction of sp³-hybridized carbons (Fsp3) is 0.375. The molecule has 0 bridgehead atoms. The van der Waals surface area contributed by atoms with Crippen LogP contribution in [-0.2, 0) is 6.54 Å². The summed E-state index contributed by atoms with van der Waals surface area (Å²) < 4.78 is 2.54. The summed E-state index contributed by atoms with van der Waals surface area (Å²) in [6, 6.07) is 9.65. The molecule has 1 saturated heterocycles. The van der Waals surface area contributed by atoms with Gasteiger partial charge >= 0.3 is 0 Å². The van der Waals surface area contributed by atoms with E-state index in [1.807, 2.05) is 30.5 Å². The van der Waals surface area contributed by atoms with Gasteiger partial charge < -0.3 is 4.90 Å². The zero-order chi connectivity index (χ0) is 14.7. The third-order valence-electron chi connectivity index (χ3n) is 3.82. The molecule has 1 aliphatic heterocycles. The summed E-state index contributed by atoms with van der Waals surface area (Å²) in [6.45, 7) is 2.56. The minimum atomic E-state index is -0.0407. The van der Waals surface area contributed by atoms with Crippen molar-refractivity contribution in [3.8, 4) is 0 Å². The van der Waals surface area contributed by atoms with Gasteiger partial charge in [-0.3, -0.25) is 4.79 Å². The van der Waals surface area contributed by atoms with E-state index in [4.69, 9.17) is 0 Å². The van der Waals surface area contributed by atoms with Crippen molar-refractivity contribution >= 4 is 21.6 Å². The Morgan fingerprint density at radius 2 is 1.81 bits per heavy atom. The molecule has 0 atom stereocenters. The van der Waals surface area contributed by atoms with Crippen molar-refractivity contribution in [2.24, 2.45) is 0 Å². The Bertz CT molecular complexity index is 660. The minimum absolute atomic E-state index is 0.0407. The van der Waals surface area contributed by atoms with Crippen LogP contribution < -0.4 is 10.5 Å². The van der Waals surface area contributed by atoms with Crippen molar-refractivity contribution < 1.29 is 0 Å². The second-order valence-electron chi connectivity index (χ2n) is 5.38. The minimum Gasteiger partial charge on any atom is -0.370 e. The van der Waals surface area contributed by atoms with Crippen molar-refractivity contribution in [2.75, 3.05) is 18.0 Å². The van der Waals surface area contributed by atoms with Crippen LogP contribution in [0.1, 0.15) is 24.8 Å². The standard InChI is InChI=1S/C16H18BrN3O/c17-14-6-4-13(5-7-14)12-20-16(21)10-15(11-18-20)19-8-2-1-3-9-19/h4-7,10-11H,1-3,8-9,12H2. The van der Waals surface area contributed by atoms with Crippen molar-refractivity contribution in [2.45, 2.75) is 25.8 Å². The Hall–Kier alpha value is -1.62. The van der Waals surface area contributed by atoms with Gasteiger partial charge in [0, 0.05) is 23.6 Å². The smallest absolute Gasteiger partial charge is 0.269 e. The van der Waals surface area contributed by atoms with E-state index in [1.54, 1.807) is 6.07 Å². The summed E-state index contributed by atoms with van der Waals surface area (Å²) in [5.74, 6) is 0. The van der Waals surface area contributed by atoms with E-state index in [2.05, 4.69) is 25.9 Å². The first kappa shape index (κ1) is 14.3. The van der Waals surface area contributed by atoms with Crippen LogP contribution in [0.25, 0.3) is 0 Å². The molecule has 1 aliphatic rings. The zero-order valence-electron chi connectivity index (χ0n) is 11.8. The maximum absolute atomic E-state index is 12.2. The Morgan fingerprint density at radius 3 is 2.48 bits per heavy atom. The molecular weight excluding hydrogens is 330 g/mol. The first-order valence-electron chi connectivity index (χ1n) is 7.29. The molecule has 0 unspecified atom stereocenters. The number of benzene rings is 1. The number of nitrogens with zero attached hydrogens (tertiary/aromatic N) is 3. The molecule has 5 heteroatoms. The highest BCUT2D eigenvalue weighted by Crippen LogP contribution is 2.17. The quantitative estimate of drug-likeness (QED) is 0.856. The van der Waals surface area contributed by atoms with Gasteiger partial charge in [-0.1, -0.05) is 28.1 Å². The largest absolute Gasteiger partial charge is 0.370 e. The number of hydrogen-bond donors (Lipinski definition) is 0. The van der Waals surface area contributed by atoms with Crippen LogP contribution in [0.15, 0.2) is 45.8 Å². The molecule has 2 aromatic rings. The van der Waals surface area contributed by atoms with E-state index >= 15 is 0 Å². The van der Waals surface area contributed by atoms with Crippen LogP contribution in [0.4, 0.5) is 5.69 Å². The Kier molecular flexibility index (Phi) is 4.39. The van der Waals surface area contributed by atoms with Gasteiger partial charge in [0.1, 0.15) is 0 Å². The predicted molar refractivity (Wildman–Crippen MR) is 87.8 cm³/mol. The second kappa shape index (κ2) is 6.43. The van der Waals surface area contributed by atoms with Gasteiger partial charge in [-0.05, 0) is 37.0 Å². The summed E-state index contributed by atoms with van der Waals surface area (Å²) >= 11 is 3.41. The summed E-state index contributed by atoms with van der Waals surface area (Å²) in [7, 11) is 0. The number of halogens is 1. The maximum atomic E-state index is 12.2. The molecule has 110 valence electrons. The Labute approximate surface area is 132 Å². The van der Waals surface area contributed by atoms with Gasteiger partial charge in [0.25, 0.3) is 5.56 Å². The maximum Gasteiger partial charge on any atom is 0.269 e. The van der Waals surface area contributed by atoms with Crippen molar-refractivity contribution in [3.63, 3.8) is 0 Å². The van der Waals surface area contributed by atoms with E-state index in [-0.39, 0.29) is 5.56 Å². The van der Waals surface area contributed by atoms with Crippen LogP contribution in [0.3, 0.4) is 0 Å². The SMILES string of the molecule is O=c1cc(N2CCCCC2)cnn1Cc1ccc(Br)cc1. The third kappa shape index (κ3) is 3.53. The monoisotopic (exact) mass is 347 g/mol. The lowest BCUT2D eigenvalue weighted by Crippen LogP contribution is -2.32. The van der Waals surface area contributed by atoms with E-state index in [1.165, 1.54) is 23.9 Å². The molecular formula is C16H18BrN3O. The van der Waals surface area contributed by atoms with Crippen molar-refractivity contribution in [1.82, 2.24) is 9.78 Å². The molecule has 21 heavy (non-hydrogen) atoms. The third-order valence-corrected chi connectivity index (χ3v) is 4.35. The van der Waals surface area contributed by atoms with Gasteiger partial charge in [0.15, 0.2) is 0 Å². The fourth-order valence-corrected chi connectivity index (χ4v) is 2.89. The van der Waals surface area contributed by atoms with E-state index in [0.29, 0.717) is 6.54 Å². The first-order chi connectivity index (χ1) is 10.2. The molecule has 1 aromatic heterocycles. The van der Waals surface area contributed by atoms with Gasteiger partial charge in [-0.15, -0.1) is 0 Å². The molecule has 1 fully saturated rings. The molecule has 0 spiro atoms. The van der Waals surface area contributed by atoms with Crippen molar-refractivity contribution in [1.29, 1.82) is 0 Å². The molecule has 0 aliphatic carbocycles. The number of anilines is 1. The van der Waals surface area contributed by atoms with Gasteiger partial charge in [0.2, 0.25) is 0 Å². The zero-order valence-corrected chi connectivity index (χ0v) is 13.4. The van der Waals surface area contributed by atoms with E-state index in [9.17, 15) is 4.79 Å². The van der Waals surface area contributed by atoms with Crippen LogP contribution in [0.5, 0.6) is 0 Å². The Balaban J connectivity index is 1.77. The van der Waals surface area contributed by atoms with Gasteiger partial charge in [-0.25, -0.2) is 4.68 Å². The molecule has 0 radical (unpaired) electrons. The highest BCUT2D eigenvalue weighted by atomic mass is 79.9. The number of hydrogen-bond acceptors (Lipinski definition) is 3. The highest BCUT2D eigenvalue weighted by molar-refractivity contribution is 9.10. The molecule has 0 amide bonds. The van der Waals surface area contributed by atoms with E-state index in [0.717, 1.165) is 28.8 Å². The molecule has 2 heterocycles. The average molecular weight is 348 g/mol. The summed E-state index contributed by atoms with van der Waals surface area (Å²) in [5, 5.41) is 4.32. The van der Waals surface area contributed by atoms with Crippen molar-refractivity contribution in [3.05, 3.63) is 56.9 Å². The predicted octanol–water partition coefficient (Wildman–Crippen LogP) is 3.04. The Morgan fingerprint density at radius 1 is 1.10 bits per heavy atom. The number of piperidine rings is 1. The molecule has 0 N–H and O–H groups in total. The molecule has 1 aromatic carbocycles. The normalized spacial score (nSPS) is 15.2. The second-order valence-corrected chi connectivity index (χ2v) is 6.30. The lowest BCUT2D eigenvalue weighted by Gasteiger charge is -2.28. The van der Waals surface area contributed by atoms with Crippen LogP contribution in [0, 0.1) is 0 Å². The summed E-state index contributed by atoms with van der Waals surface area (Å²) in [6.07, 6.45) is 5.49. The van der Waals surface area contributed by atoms with Crippen LogP contribution >= 0.6 is 15.9 Å². The van der Waals surface area contributed by atoms with E-state index < -0.39 is 0 Å². The number of aromatic nitrogens is 2. The first-order valence-corrected chi connectivity index (χ1v) is 8.08. The average Bonchev–Trinajstić information content (AvgIpc) is 2.52. The summed E-state index contributed by atoms with van der Waals surface area (Å²) in [4.78, 5) is 14.5. The fourth-order valence-electron chi connectivity index (χ4n) is 2.63. The molecule has 4 nitrogen and oxygen atoms in total. The molecule has 3 rings (SSSR count). The lowest BCUT2D eigenvalue weighted by molar-refractivity contribution is 0.571. The number of rotatable bonds is 3. The van der Waals surface area contributed by atoms with Gasteiger partial charge in [-0.2, -0.15) is 5.10 Å². The lowest BCUT2D eigenvalue weighted by atomic mass is 10.1. The highest BCUT2D eigenvalue weighted by Gasteiger charge is 2.12. The van der Waals surface area contributed by atoms with Crippen LogP contribution in [-0.4, -0.2) is 22.9 Å². The topological polar surface area (TPSA) is 38.1 Å². The summed E-state index contributed by atoms with van der Waals surface area (Å²) in [5.41, 5.74) is 1.98. The van der Waals surface area contributed by atoms with Gasteiger partial charge in [0.05, 0.1) is 18.4 Å². The molecule has 0 saturated carbocycles.